The van der Waals surface area contributed by atoms with Gasteiger partial charge in [0, 0.05) is 32.5 Å². The van der Waals surface area contributed by atoms with Gasteiger partial charge in [-0.05, 0) is 12.1 Å². The summed E-state index contributed by atoms with van der Waals surface area (Å²) in [4.78, 5) is 6.19. The molecule has 0 saturated carbocycles. The van der Waals surface area contributed by atoms with E-state index in [1.807, 2.05) is 41.7 Å². The van der Waals surface area contributed by atoms with Crippen LogP contribution in [-0.2, 0) is 0 Å². The molecule has 0 fully saturated rings. The van der Waals surface area contributed by atoms with Crippen LogP contribution in [-0.4, -0.2) is 35.1 Å². The highest BCUT2D eigenvalue weighted by Gasteiger charge is 2.13. The maximum absolute atomic E-state index is 9.73. The predicted molar refractivity (Wildman–Crippen MR) is 63.5 cm³/mol. The Morgan fingerprint density at radius 1 is 1.56 bits per heavy atom. The minimum atomic E-state index is -0.706. The molecule has 2 aromatic rings. The number of hydrogen-bond donors (Lipinski definition) is 2. The minimum absolute atomic E-state index is 0.179. The van der Waals surface area contributed by atoms with Gasteiger partial charge >= 0.3 is 0 Å². The predicted octanol–water partition coefficient (Wildman–Crippen LogP) is 0.392. The molecule has 0 amide bonds. The lowest BCUT2D eigenvalue weighted by atomic mass is 10.2. The van der Waals surface area contributed by atoms with Crippen LogP contribution >= 0.6 is 0 Å². The van der Waals surface area contributed by atoms with E-state index in [-0.39, 0.29) is 6.54 Å². The van der Waals surface area contributed by atoms with Crippen LogP contribution in [0.5, 0.6) is 0 Å². The molecule has 0 aliphatic rings. The van der Waals surface area contributed by atoms with Crippen molar-refractivity contribution in [2.45, 2.75) is 6.10 Å². The number of rotatable bonds is 3. The van der Waals surface area contributed by atoms with Gasteiger partial charge in [0.15, 0.2) is 0 Å². The minimum Gasteiger partial charge on any atom is -0.385 e. The van der Waals surface area contributed by atoms with Gasteiger partial charge in [0.25, 0.3) is 0 Å². The first-order valence-electron chi connectivity index (χ1n) is 5.15. The Labute approximate surface area is 94.1 Å². The number of pyridine rings is 1. The summed E-state index contributed by atoms with van der Waals surface area (Å²) in [7, 11) is 3.95. The van der Waals surface area contributed by atoms with Crippen molar-refractivity contribution in [2.75, 3.05) is 25.5 Å². The third kappa shape index (κ3) is 1.75. The van der Waals surface area contributed by atoms with Crippen molar-refractivity contribution >= 4 is 11.2 Å². The summed E-state index contributed by atoms with van der Waals surface area (Å²) in [6, 6.07) is 3.98. The summed E-state index contributed by atoms with van der Waals surface area (Å²) in [6.45, 7) is 0.179. The van der Waals surface area contributed by atoms with Crippen molar-refractivity contribution in [1.82, 2.24) is 9.38 Å². The van der Waals surface area contributed by atoms with E-state index >= 15 is 0 Å². The molecule has 0 aliphatic heterocycles. The maximum Gasteiger partial charge on any atom is 0.110 e. The second-order valence-corrected chi connectivity index (χ2v) is 3.95. The lowest BCUT2D eigenvalue weighted by molar-refractivity contribution is 0.184. The van der Waals surface area contributed by atoms with Crippen LogP contribution in [0.15, 0.2) is 24.7 Å². The number of fused-ring (bicyclic) bond motifs is 1. The summed E-state index contributed by atoms with van der Waals surface area (Å²) in [5.41, 5.74) is 8.03. The van der Waals surface area contributed by atoms with Crippen molar-refractivity contribution in [3.63, 3.8) is 0 Å². The number of imidazole rings is 1. The fourth-order valence-corrected chi connectivity index (χ4v) is 1.64. The number of nitrogens with two attached hydrogens (primary N) is 1. The molecular weight excluding hydrogens is 204 g/mol. The number of aliphatic hydroxyl groups is 1. The molecule has 0 spiro atoms. The lowest BCUT2D eigenvalue weighted by Gasteiger charge is -2.13. The molecule has 2 heterocycles. The second kappa shape index (κ2) is 4.11. The van der Waals surface area contributed by atoms with Gasteiger partial charge in [-0.2, -0.15) is 0 Å². The molecule has 5 heteroatoms. The first-order chi connectivity index (χ1) is 7.63. The Morgan fingerprint density at radius 2 is 2.31 bits per heavy atom. The first kappa shape index (κ1) is 10.9. The summed E-state index contributed by atoms with van der Waals surface area (Å²) >= 11 is 0. The smallest absolute Gasteiger partial charge is 0.110 e. The Bertz CT molecular complexity index is 492. The number of anilines is 1. The monoisotopic (exact) mass is 220 g/mol. The van der Waals surface area contributed by atoms with Gasteiger partial charge in [-0.15, -0.1) is 0 Å². The van der Waals surface area contributed by atoms with Gasteiger partial charge in [0.05, 0.1) is 17.5 Å². The van der Waals surface area contributed by atoms with Crippen molar-refractivity contribution in [3.05, 3.63) is 30.4 Å². The van der Waals surface area contributed by atoms with Crippen molar-refractivity contribution < 1.29 is 5.11 Å². The van der Waals surface area contributed by atoms with Gasteiger partial charge < -0.3 is 20.1 Å². The number of aromatic nitrogens is 2. The van der Waals surface area contributed by atoms with E-state index in [9.17, 15) is 5.11 Å². The molecule has 0 bridgehead atoms. The van der Waals surface area contributed by atoms with Gasteiger partial charge in [0.1, 0.15) is 6.10 Å². The normalized spacial score (nSPS) is 13.0. The molecule has 86 valence electrons. The highest BCUT2D eigenvalue weighted by Crippen LogP contribution is 2.21. The molecule has 1 atom stereocenters. The first-order valence-corrected chi connectivity index (χ1v) is 5.15. The number of nitrogens with zero attached hydrogens (tertiary/aromatic N) is 3. The quantitative estimate of drug-likeness (QED) is 0.785. The third-order valence-electron chi connectivity index (χ3n) is 2.61. The van der Waals surface area contributed by atoms with Gasteiger partial charge in [-0.1, -0.05) is 0 Å². The molecule has 0 aromatic carbocycles. The number of aliphatic hydroxyl groups excluding tert-OH is 1. The molecule has 16 heavy (non-hydrogen) atoms. The van der Waals surface area contributed by atoms with E-state index in [0.717, 1.165) is 11.2 Å². The summed E-state index contributed by atoms with van der Waals surface area (Å²) in [6.07, 6.45) is 2.90. The molecule has 1 unspecified atom stereocenters. The Hall–Kier alpha value is -1.59. The zero-order valence-corrected chi connectivity index (χ0v) is 9.46. The fourth-order valence-electron chi connectivity index (χ4n) is 1.64. The van der Waals surface area contributed by atoms with E-state index in [0.29, 0.717) is 5.69 Å². The van der Waals surface area contributed by atoms with Gasteiger partial charge in [0.2, 0.25) is 0 Å². The average molecular weight is 220 g/mol. The second-order valence-electron chi connectivity index (χ2n) is 3.95. The highest BCUT2D eigenvalue weighted by atomic mass is 16.3. The van der Waals surface area contributed by atoms with Crippen LogP contribution in [0.3, 0.4) is 0 Å². The van der Waals surface area contributed by atoms with Crippen LogP contribution in [0, 0.1) is 0 Å². The van der Waals surface area contributed by atoms with Crippen LogP contribution < -0.4 is 10.6 Å². The average Bonchev–Trinajstić information content (AvgIpc) is 2.70. The molecule has 5 nitrogen and oxygen atoms in total. The van der Waals surface area contributed by atoms with Crippen LogP contribution in [0.2, 0.25) is 0 Å². The van der Waals surface area contributed by atoms with Crippen LogP contribution in [0.4, 0.5) is 5.69 Å². The molecule has 0 saturated heterocycles. The van der Waals surface area contributed by atoms with Gasteiger partial charge in [-0.25, -0.2) is 4.98 Å². The number of hydrogen-bond acceptors (Lipinski definition) is 4. The summed E-state index contributed by atoms with van der Waals surface area (Å²) in [5.74, 6) is 0. The zero-order chi connectivity index (χ0) is 11.7. The maximum atomic E-state index is 9.73. The zero-order valence-electron chi connectivity index (χ0n) is 9.46. The SMILES string of the molecule is CN(C)c1ccn2cnc(C(O)CN)c2c1. The van der Waals surface area contributed by atoms with E-state index in [4.69, 9.17) is 5.73 Å². The van der Waals surface area contributed by atoms with Crippen molar-refractivity contribution in [2.24, 2.45) is 5.73 Å². The topological polar surface area (TPSA) is 66.8 Å². The van der Waals surface area contributed by atoms with Gasteiger partial charge in [-0.3, -0.25) is 0 Å². The Morgan fingerprint density at radius 3 is 2.94 bits per heavy atom. The van der Waals surface area contributed by atoms with E-state index < -0.39 is 6.10 Å². The van der Waals surface area contributed by atoms with E-state index in [2.05, 4.69) is 4.98 Å². The van der Waals surface area contributed by atoms with E-state index in [1.165, 1.54) is 0 Å². The summed E-state index contributed by atoms with van der Waals surface area (Å²) < 4.78 is 1.88. The largest absolute Gasteiger partial charge is 0.385 e. The Kier molecular flexibility index (Phi) is 2.80. The standard InChI is InChI=1S/C11H16N4O/c1-14(2)8-3-4-15-7-13-11(9(15)5-8)10(16)6-12/h3-5,7,10,16H,6,12H2,1-2H3. The van der Waals surface area contributed by atoms with Crippen molar-refractivity contribution in [1.29, 1.82) is 0 Å². The molecule has 3 N–H and O–H groups in total. The van der Waals surface area contributed by atoms with Crippen molar-refractivity contribution in [3.8, 4) is 0 Å². The fraction of sp³-hybridized carbons (Fsp3) is 0.364. The molecule has 0 radical (unpaired) electrons. The third-order valence-corrected chi connectivity index (χ3v) is 2.61. The molecule has 0 aliphatic carbocycles. The molecular formula is C11H16N4O. The Balaban J connectivity index is 2.55. The van der Waals surface area contributed by atoms with E-state index in [1.54, 1.807) is 6.33 Å². The molecule has 2 aromatic heterocycles. The highest BCUT2D eigenvalue weighted by molar-refractivity contribution is 5.62. The van der Waals surface area contributed by atoms with Crippen LogP contribution in [0.1, 0.15) is 11.8 Å². The van der Waals surface area contributed by atoms with Crippen LogP contribution in [0.25, 0.3) is 5.52 Å². The molecule has 2 rings (SSSR count). The lowest BCUT2D eigenvalue weighted by Crippen LogP contribution is -2.12. The summed E-state index contributed by atoms with van der Waals surface area (Å²) in [5, 5.41) is 9.73.